The quantitative estimate of drug-likeness (QED) is 0.0637. The molecule has 6 aromatic rings. The standard InChI is InChI=1S/C69H106O6P2/c1-26-44(9)34-47-36-51-52-37-48(63(12,13)27-2)40-56(67(20,21)31-6)60(52)73-76(72-59(51)43-55(47)66(18,19)30-5)70-45(10)35-46(11)71-77-74-61-53(38-49(64(14,15)28-3)41-57(61)68(22,23)32-7)54-39-50(65(16,17)29-4)42-58(62(54)75-77)69(24,25)33-8/h36-46H,26-35H2,1-25H3/t44?,45-,46-,76?/m1/s1. The summed E-state index contributed by atoms with van der Waals surface area (Å²) in [5, 5.41) is 4.37. The Hall–Kier alpha value is -3.40. The van der Waals surface area contributed by atoms with Gasteiger partial charge in [-0.2, -0.15) is 0 Å². The van der Waals surface area contributed by atoms with Crippen molar-refractivity contribution in [3.05, 3.63) is 93.0 Å². The summed E-state index contributed by atoms with van der Waals surface area (Å²) >= 11 is 0. The highest BCUT2D eigenvalue weighted by Crippen LogP contribution is 2.49. The highest BCUT2D eigenvalue weighted by molar-refractivity contribution is 7.32. The van der Waals surface area contributed by atoms with Gasteiger partial charge in [-0.15, -0.1) is 0 Å². The minimum atomic E-state index is -1.93. The second-order valence-electron chi connectivity index (χ2n) is 28.0. The number of rotatable bonds is 23. The zero-order chi connectivity index (χ0) is 57.6. The highest BCUT2D eigenvalue weighted by atomic mass is 31.1. The van der Waals surface area contributed by atoms with Gasteiger partial charge in [0.05, 0.1) is 12.2 Å². The van der Waals surface area contributed by atoms with E-state index in [0.29, 0.717) is 12.3 Å². The molecule has 0 amide bonds. The first-order valence-corrected chi connectivity index (χ1v) is 32.3. The van der Waals surface area contributed by atoms with E-state index in [-0.39, 0.29) is 50.1 Å². The van der Waals surface area contributed by atoms with E-state index in [1.807, 2.05) is 0 Å². The summed E-state index contributed by atoms with van der Waals surface area (Å²) in [7, 11) is -3.84. The SMILES string of the molecule is CCC(C)Cc1cc2c(cc1C(C)(C)CC)op(O[C@H](C)C[C@@H](C)Op1oc3c(C(C)(C)CC)cc(C(C)(C)CC)cc3c3cc(C(C)(C)CC)cc(C(C)(C)CC)c3o1)oc1c(C(C)(C)CC)cc(C(C)(C)CC)cc12. The third-order valence-electron chi connectivity index (χ3n) is 19.6. The zero-order valence-corrected chi connectivity index (χ0v) is 55.1. The summed E-state index contributed by atoms with van der Waals surface area (Å²) in [4.78, 5) is 0. The van der Waals surface area contributed by atoms with Crippen LogP contribution < -0.4 is 9.05 Å². The molecule has 77 heavy (non-hydrogen) atoms. The lowest BCUT2D eigenvalue weighted by Crippen LogP contribution is -2.21. The maximum absolute atomic E-state index is 7.33. The van der Waals surface area contributed by atoms with E-state index in [0.717, 1.165) is 102 Å². The molecule has 0 aliphatic rings. The van der Waals surface area contributed by atoms with Gasteiger partial charge >= 0.3 is 16.5 Å². The van der Waals surface area contributed by atoms with Gasteiger partial charge in [0, 0.05) is 44.7 Å². The minimum Gasteiger partial charge on any atom is -0.399 e. The van der Waals surface area contributed by atoms with Gasteiger partial charge in [-0.1, -0.05) is 184 Å². The van der Waals surface area contributed by atoms with Crippen LogP contribution in [0, 0.1) is 5.92 Å². The van der Waals surface area contributed by atoms with Gasteiger partial charge < -0.3 is 16.8 Å². The van der Waals surface area contributed by atoms with Crippen LogP contribution in [0.3, 0.4) is 0 Å². The van der Waals surface area contributed by atoms with E-state index >= 15 is 0 Å². The Morgan fingerprint density at radius 2 is 0.688 bits per heavy atom. The molecule has 4 aromatic carbocycles. The Morgan fingerprint density at radius 3 is 1.01 bits per heavy atom. The van der Waals surface area contributed by atoms with Gasteiger partial charge in [-0.05, 0) is 167 Å². The summed E-state index contributed by atoms with van der Waals surface area (Å²) in [6.45, 7) is 57.9. The van der Waals surface area contributed by atoms with E-state index < -0.39 is 16.5 Å². The van der Waals surface area contributed by atoms with Crippen molar-refractivity contribution in [1.29, 1.82) is 0 Å². The zero-order valence-electron chi connectivity index (χ0n) is 53.3. The molecule has 0 aliphatic carbocycles. The van der Waals surface area contributed by atoms with E-state index in [9.17, 15) is 0 Å². The molecule has 2 aromatic heterocycles. The Labute approximate surface area is 470 Å². The van der Waals surface area contributed by atoms with E-state index in [4.69, 9.17) is 25.8 Å². The highest BCUT2D eigenvalue weighted by Gasteiger charge is 2.34. The predicted octanol–water partition coefficient (Wildman–Crippen LogP) is 23.0. The number of hydrogen-bond acceptors (Lipinski definition) is 6. The molecular formula is C69H106O6P2. The molecule has 4 atom stereocenters. The first-order chi connectivity index (χ1) is 35.7. The molecule has 2 unspecified atom stereocenters. The molecule has 0 spiro atoms. The summed E-state index contributed by atoms with van der Waals surface area (Å²) < 4.78 is 43.4. The van der Waals surface area contributed by atoms with Gasteiger partial charge in [0.2, 0.25) is 0 Å². The second-order valence-corrected chi connectivity index (χ2v) is 30.0. The van der Waals surface area contributed by atoms with Crippen LogP contribution in [-0.4, -0.2) is 12.2 Å². The Balaban J connectivity index is 1.60. The second kappa shape index (κ2) is 23.6. The number of hydrogen-bond donors (Lipinski definition) is 0. The molecule has 8 heteroatoms. The molecule has 0 saturated carbocycles. The normalized spacial score (nSPS) is 15.0. The predicted molar refractivity (Wildman–Crippen MR) is 336 cm³/mol. The summed E-state index contributed by atoms with van der Waals surface area (Å²) in [5.74, 6) is 0.541. The van der Waals surface area contributed by atoms with Crippen LogP contribution >= 0.6 is 16.5 Å². The smallest absolute Gasteiger partial charge is 0.387 e. The third-order valence-corrected chi connectivity index (χ3v) is 22.0. The maximum Gasteiger partial charge on any atom is 0.387 e. The Kier molecular flexibility index (Phi) is 19.2. The fraction of sp³-hybridized carbons (Fsp3) is 0.652. The van der Waals surface area contributed by atoms with E-state index in [1.165, 1.54) is 44.5 Å². The van der Waals surface area contributed by atoms with Crippen molar-refractivity contribution >= 4 is 60.4 Å². The lowest BCUT2D eigenvalue weighted by atomic mass is 9.74. The fourth-order valence-electron chi connectivity index (χ4n) is 10.3. The molecule has 0 radical (unpaired) electrons. The Bertz CT molecular complexity index is 3020. The van der Waals surface area contributed by atoms with Crippen molar-refractivity contribution in [1.82, 2.24) is 0 Å². The molecule has 6 rings (SSSR count). The topological polar surface area (TPSA) is 71.0 Å². The molecular weight excluding hydrogens is 987 g/mol. The average Bonchev–Trinajstić information content (AvgIpc) is 3.63. The van der Waals surface area contributed by atoms with Gasteiger partial charge in [0.1, 0.15) is 22.3 Å². The van der Waals surface area contributed by atoms with E-state index in [2.05, 4.69) is 222 Å². The summed E-state index contributed by atoms with van der Waals surface area (Å²) in [6.07, 6.45) is 8.96. The van der Waals surface area contributed by atoms with Crippen LogP contribution in [0.2, 0.25) is 0 Å². The molecule has 6 nitrogen and oxygen atoms in total. The monoisotopic (exact) mass is 1090 g/mol. The third kappa shape index (κ3) is 13.2. The molecule has 0 fully saturated rings. The number of fused-ring (bicyclic) bond motifs is 6. The average molecular weight is 1090 g/mol. The summed E-state index contributed by atoms with van der Waals surface area (Å²) in [6, 6.07) is 19.2. The first kappa shape index (κ1) is 62.8. The first-order valence-electron chi connectivity index (χ1n) is 30.1. The van der Waals surface area contributed by atoms with Crippen LogP contribution in [0.1, 0.15) is 275 Å². The fourth-order valence-corrected chi connectivity index (χ4v) is 12.7. The molecule has 428 valence electrons. The molecule has 0 N–H and O–H groups in total. The molecule has 2 heterocycles. The maximum atomic E-state index is 7.33. The largest absolute Gasteiger partial charge is 0.399 e. The lowest BCUT2D eigenvalue weighted by Gasteiger charge is -2.30. The molecule has 0 aliphatic heterocycles. The van der Waals surface area contributed by atoms with Crippen molar-refractivity contribution in [2.45, 2.75) is 287 Å². The molecule has 0 saturated heterocycles. The van der Waals surface area contributed by atoms with Gasteiger partial charge in [-0.3, -0.25) is 9.05 Å². The summed E-state index contributed by atoms with van der Waals surface area (Å²) in [5.41, 5.74) is 13.0. The van der Waals surface area contributed by atoms with Gasteiger partial charge in [0.15, 0.2) is 0 Å². The van der Waals surface area contributed by atoms with Gasteiger partial charge in [0.25, 0.3) is 0 Å². The van der Waals surface area contributed by atoms with Crippen LogP contribution in [-0.2, 0) is 44.3 Å². The van der Waals surface area contributed by atoms with E-state index in [1.54, 1.807) is 0 Å². The van der Waals surface area contributed by atoms with Crippen molar-refractivity contribution in [2.75, 3.05) is 0 Å². The van der Waals surface area contributed by atoms with Crippen molar-refractivity contribution in [3.8, 4) is 0 Å². The molecule has 0 bridgehead atoms. The van der Waals surface area contributed by atoms with Crippen LogP contribution in [0.15, 0.2) is 65.3 Å². The Morgan fingerprint density at radius 1 is 0.377 bits per heavy atom. The van der Waals surface area contributed by atoms with Crippen molar-refractivity contribution < 1.29 is 25.8 Å². The van der Waals surface area contributed by atoms with Crippen molar-refractivity contribution in [3.63, 3.8) is 0 Å². The van der Waals surface area contributed by atoms with Gasteiger partial charge in [-0.25, -0.2) is 0 Å². The van der Waals surface area contributed by atoms with Crippen molar-refractivity contribution in [2.24, 2.45) is 5.92 Å². The van der Waals surface area contributed by atoms with Crippen LogP contribution in [0.4, 0.5) is 0 Å². The minimum absolute atomic E-state index is 0.0433. The number of benzene rings is 4. The lowest BCUT2D eigenvalue weighted by molar-refractivity contribution is 0.184. The van der Waals surface area contributed by atoms with Crippen LogP contribution in [0.5, 0.6) is 0 Å². The van der Waals surface area contributed by atoms with Crippen LogP contribution in [0.25, 0.3) is 43.9 Å².